The number of hydrogen-bond donors (Lipinski definition) is 2. The molecule has 0 unspecified atom stereocenters. The van der Waals surface area contributed by atoms with E-state index in [0.29, 0.717) is 34.4 Å². The van der Waals surface area contributed by atoms with Crippen molar-refractivity contribution >= 4 is 29.3 Å². The standard InChI is InChI=1S/C38H36N2O7S/c1-24(44-25(2)42)36(43)39-31-15-9-14-30(20-31)37-45-32(21-33(46-37)27-18-16-26(22-41)17-19-27)23-48-38-40-34(28-10-5-3-6-11-28)35(47-38)29-12-7-4-8-13-29/h3-20,24,32-33,37,41H,21-23H2,1-2H3,(H,39,43)/t24-,32+,33-,37-/m0/s1. The highest BCUT2D eigenvalue weighted by Crippen LogP contribution is 2.41. The van der Waals surface area contributed by atoms with Crippen molar-refractivity contribution < 1.29 is 33.3 Å². The zero-order valence-corrected chi connectivity index (χ0v) is 27.4. The number of esters is 1. The fourth-order valence-corrected chi connectivity index (χ4v) is 6.28. The summed E-state index contributed by atoms with van der Waals surface area (Å²) in [4.78, 5) is 28.8. The minimum absolute atomic E-state index is 0.0442. The van der Waals surface area contributed by atoms with Crippen LogP contribution in [0.3, 0.4) is 0 Å². The third kappa shape index (κ3) is 8.21. The summed E-state index contributed by atoms with van der Waals surface area (Å²) in [7, 11) is 0. The van der Waals surface area contributed by atoms with Gasteiger partial charge in [0.05, 0.1) is 18.8 Å². The molecule has 0 radical (unpaired) electrons. The molecule has 6 rings (SSSR count). The zero-order chi connectivity index (χ0) is 33.5. The minimum Gasteiger partial charge on any atom is -0.453 e. The van der Waals surface area contributed by atoms with Crippen LogP contribution >= 0.6 is 11.8 Å². The van der Waals surface area contributed by atoms with E-state index >= 15 is 0 Å². The maximum absolute atomic E-state index is 12.6. The molecule has 5 aromatic rings. The van der Waals surface area contributed by atoms with Gasteiger partial charge in [-0.15, -0.1) is 0 Å². The maximum atomic E-state index is 12.6. The predicted molar refractivity (Wildman–Crippen MR) is 183 cm³/mol. The summed E-state index contributed by atoms with van der Waals surface area (Å²) in [5, 5.41) is 12.9. The number of ether oxygens (including phenoxy) is 3. The van der Waals surface area contributed by atoms with Crippen LogP contribution in [-0.4, -0.2) is 39.9 Å². The zero-order valence-electron chi connectivity index (χ0n) is 26.6. The third-order valence-electron chi connectivity index (χ3n) is 7.84. The molecule has 4 aromatic carbocycles. The monoisotopic (exact) mass is 664 g/mol. The largest absolute Gasteiger partial charge is 0.453 e. The van der Waals surface area contributed by atoms with Crippen LogP contribution in [0.1, 0.15) is 49.4 Å². The second-order valence-electron chi connectivity index (χ2n) is 11.4. The van der Waals surface area contributed by atoms with Crippen LogP contribution in [0.4, 0.5) is 5.69 Å². The molecule has 246 valence electrons. The molecule has 0 saturated carbocycles. The number of carbonyl (C=O) groups is 2. The number of amides is 1. The molecule has 2 N–H and O–H groups in total. The first-order valence-corrected chi connectivity index (χ1v) is 16.7. The van der Waals surface area contributed by atoms with E-state index in [1.807, 2.05) is 91.0 Å². The van der Waals surface area contributed by atoms with Crippen LogP contribution < -0.4 is 5.32 Å². The summed E-state index contributed by atoms with van der Waals surface area (Å²) in [5.74, 6) is 0.276. The van der Waals surface area contributed by atoms with Crippen molar-refractivity contribution in [3.8, 4) is 22.6 Å². The van der Waals surface area contributed by atoms with Gasteiger partial charge < -0.3 is 29.1 Å². The van der Waals surface area contributed by atoms with Crippen molar-refractivity contribution in [1.29, 1.82) is 0 Å². The normalized spacial score (nSPS) is 18.2. The highest BCUT2D eigenvalue weighted by Gasteiger charge is 2.33. The molecule has 9 nitrogen and oxygen atoms in total. The van der Waals surface area contributed by atoms with E-state index in [0.717, 1.165) is 27.9 Å². The van der Waals surface area contributed by atoms with E-state index in [4.69, 9.17) is 23.6 Å². The van der Waals surface area contributed by atoms with Crippen molar-refractivity contribution in [2.24, 2.45) is 0 Å². The Kier molecular flexibility index (Phi) is 10.7. The first kappa shape index (κ1) is 33.2. The first-order chi connectivity index (χ1) is 23.4. The van der Waals surface area contributed by atoms with Gasteiger partial charge in [0.1, 0.15) is 5.69 Å². The topological polar surface area (TPSA) is 120 Å². The Balaban J connectivity index is 1.23. The molecule has 1 aromatic heterocycles. The van der Waals surface area contributed by atoms with Crippen molar-refractivity contribution in [2.45, 2.75) is 56.7 Å². The second kappa shape index (κ2) is 15.4. The van der Waals surface area contributed by atoms with Crippen molar-refractivity contribution in [3.05, 3.63) is 126 Å². The van der Waals surface area contributed by atoms with E-state index in [9.17, 15) is 14.7 Å². The van der Waals surface area contributed by atoms with Gasteiger partial charge in [-0.25, -0.2) is 4.98 Å². The minimum atomic E-state index is -0.943. The van der Waals surface area contributed by atoms with Crippen molar-refractivity contribution in [1.82, 2.24) is 4.98 Å². The number of aromatic nitrogens is 1. The van der Waals surface area contributed by atoms with E-state index < -0.39 is 24.3 Å². The number of aliphatic hydroxyl groups excluding tert-OH is 1. The number of nitrogens with one attached hydrogen (secondary N) is 1. The number of thioether (sulfide) groups is 1. The molecular formula is C38H36N2O7S. The molecule has 1 aliphatic rings. The summed E-state index contributed by atoms with van der Waals surface area (Å²) in [5.41, 5.74) is 5.70. The Morgan fingerprint density at radius 3 is 2.31 bits per heavy atom. The summed E-state index contributed by atoms with van der Waals surface area (Å²) >= 11 is 1.48. The summed E-state index contributed by atoms with van der Waals surface area (Å²) in [6.45, 7) is 2.73. The average Bonchev–Trinajstić information content (AvgIpc) is 3.56. The highest BCUT2D eigenvalue weighted by atomic mass is 32.2. The van der Waals surface area contributed by atoms with Crippen LogP contribution in [-0.2, 0) is 30.4 Å². The SMILES string of the molecule is CC(=O)O[C@@H](C)C(=O)Nc1cccc([C@H]2O[C@@H](CSc3nc(-c4ccccc4)c(-c4ccccc4)o3)C[C@@H](c3ccc(CO)cc3)O2)c1. The van der Waals surface area contributed by atoms with Crippen LogP contribution in [0.2, 0.25) is 0 Å². The van der Waals surface area contributed by atoms with Crippen LogP contribution in [0.25, 0.3) is 22.6 Å². The average molecular weight is 665 g/mol. The number of rotatable bonds is 11. The highest BCUT2D eigenvalue weighted by molar-refractivity contribution is 7.99. The Morgan fingerprint density at radius 2 is 1.62 bits per heavy atom. The van der Waals surface area contributed by atoms with Gasteiger partial charge in [0.15, 0.2) is 18.2 Å². The van der Waals surface area contributed by atoms with Crippen LogP contribution in [0.15, 0.2) is 119 Å². The molecule has 0 spiro atoms. The summed E-state index contributed by atoms with van der Waals surface area (Å²) < 4.78 is 24.4. The molecule has 48 heavy (non-hydrogen) atoms. The lowest BCUT2D eigenvalue weighted by atomic mass is 10.0. The number of carbonyl (C=O) groups excluding carboxylic acids is 2. The second-order valence-corrected chi connectivity index (χ2v) is 12.4. The van der Waals surface area contributed by atoms with Crippen LogP contribution in [0, 0.1) is 0 Å². The molecule has 1 saturated heterocycles. The third-order valence-corrected chi connectivity index (χ3v) is 8.80. The van der Waals surface area contributed by atoms with Gasteiger partial charge >= 0.3 is 5.97 Å². The molecule has 0 aliphatic carbocycles. The van der Waals surface area contributed by atoms with Gasteiger partial charge in [-0.2, -0.15) is 0 Å². The van der Waals surface area contributed by atoms with Gasteiger partial charge in [-0.3, -0.25) is 9.59 Å². The molecule has 4 atom stereocenters. The van der Waals surface area contributed by atoms with E-state index in [-0.39, 0.29) is 18.8 Å². The lowest BCUT2D eigenvalue weighted by molar-refractivity contribution is -0.245. The first-order valence-electron chi connectivity index (χ1n) is 15.7. The number of benzene rings is 4. The fraction of sp³-hybridized carbons (Fsp3) is 0.237. The molecular weight excluding hydrogens is 628 g/mol. The number of aliphatic hydroxyl groups is 1. The maximum Gasteiger partial charge on any atom is 0.303 e. The van der Waals surface area contributed by atoms with Gasteiger partial charge in [-0.05, 0) is 30.2 Å². The molecule has 1 aliphatic heterocycles. The Labute approximate surface area is 283 Å². The number of oxazole rings is 1. The number of nitrogens with zero attached hydrogens (tertiary/aromatic N) is 1. The van der Waals surface area contributed by atoms with Crippen molar-refractivity contribution in [3.63, 3.8) is 0 Å². The molecule has 1 amide bonds. The summed E-state index contributed by atoms with van der Waals surface area (Å²) in [6, 6.07) is 34.8. The Hall–Kier alpha value is -4.74. The number of anilines is 1. The van der Waals surface area contributed by atoms with Gasteiger partial charge in [0.2, 0.25) is 0 Å². The van der Waals surface area contributed by atoms with Crippen LogP contribution in [0.5, 0.6) is 0 Å². The molecule has 2 heterocycles. The quantitative estimate of drug-likeness (QED) is 0.108. The van der Waals surface area contributed by atoms with E-state index in [1.165, 1.54) is 25.6 Å². The smallest absolute Gasteiger partial charge is 0.303 e. The van der Waals surface area contributed by atoms with Gasteiger partial charge in [-0.1, -0.05) is 109 Å². The van der Waals surface area contributed by atoms with Gasteiger partial charge in [0, 0.05) is 41.5 Å². The predicted octanol–water partition coefficient (Wildman–Crippen LogP) is 7.73. The Morgan fingerprint density at radius 1 is 0.917 bits per heavy atom. The lowest BCUT2D eigenvalue weighted by Gasteiger charge is -2.36. The molecule has 10 heteroatoms. The van der Waals surface area contributed by atoms with Gasteiger partial charge in [0.25, 0.3) is 11.1 Å². The lowest BCUT2D eigenvalue weighted by Crippen LogP contribution is -2.31. The Bertz CT molecular complexity index is 1770. The fourth-order valence-electron chi connectivity index (χ4n) is 5.44. The van der Waals surface area contributed by atoms with Crippen molar-refractivity contribution in [2.75, 3.05) is 11.1 Å². The summed E-state index contributed by atoms with van der Waals surface area (Å²) in [6.07, 6.45) is -1.64. The van der Waals surface area contributed by atoms with E-state index in [1.54, 1.807) is 18.2 Å². The molecule has 0 bridgehead atoms. The van der Waals surface area contributed by atoms with E-state index in [2.05, 4.69) is 5.32 Å². The number of hydrogen-bond acceptors (Lipinski definition) is 9. The molecule has 1 fully saturated rings.